The third-order valence-electron chi connectivity index (χ3n) is 6.69. The monoisotopic (exact) mass is 443 g/mol. The number of allylic oxidation sites excluding steroid dienone is 1. The van der Waals surface area contributed by atoms with Crippen LogP contribution in [0.3, 0.4) is 0 Å². The van der Waals surface area contributed by atoms with Gasteiger partial charge >= 0.3 is 11.7 Å². The van der Waals surface area contributed by atoms with Crippen LogP contribution in [0.25, 0.3) is 10.9 Å². The van der Waals surface area contributed by atoms with Crippen LogP contribution in [0.15, 0.2) is 33.4 Å². The van der Waals surface area contributed by atoms with Gasteiger partial charge in [-0.15, -0.1) is 0 Å². The number of carbonyl (C=O) groups is 1. The first-order valence-electron chi connectivity index (χ1n) is 11.5. The number of carboxylic acid groups (broad SMARTS) is 1. The second kappa shape index (κ2) is 9.30. The molecule has 4 rings (SSSR count). The number of carboxylic acids is 1. The normalized spacial score (nSPS) is 18.4. The molecular formula is C24H30FN3O4. The SMILES string of the molecule is CC(=CC(=O)O)Cn1c(=O)c2cc(F)c(NC3CCCCC3)cc2n(C2CCCC2)c1=O. The molecule has 0 bridgehead atoms. The van der Waals surface area contributed by atoms with Gasteiger partial charge in [-0.3, -0.25) is 13.9 Å². The van der Waals surface area contributed by atoms with E-state index >= 15 is 4.39 Å². The van der Waals surface area contributed by atoms with Crippen LogP contribution in [0.2, 0.25) is 0 Å². The molecule has 0 saturated heterocycles. The molecule has 2 N–H and O–H groups in total. The Balaban J connectivity index is 1.87. The lowest BCUT2D eigenvalue weighted by atomic mass is 9.95. The number of hydrogen-bond donors (Lipinski definition) is 2. The van der Waals surface area contributed by atoms with Gasteiger partial charge in [-0.2, -0.15) is 0 Å². The van der Waals surface area contributed by atoms with Crippen molar-refractivity contribution in [2.24, 2.45) is 0 Å². The van der Waals surface area contributed by atoms with E-state index in [-0.39, 0.29) is 24.0 Å². The van der Waals surface area contributed by atoms with Crippen molar-refractivity contribution >= 4 is 22.6 Å². The molecule has 1 heterocycles. The fourth-order valence-corrected chi connectivity index (χ4v) is 5.14. The lowest BCUT2D eigenvalue weighted by Gasteiger charge is -2.25. The van der Waals surface area contributed by atoms with E-state index in [9.17, 15) is 14.4 Å². The van der Waals surface area contributed by atoms with E-state index in [1.54, 1.807) is 17.6 Å². The molecule has 1 aromatic carbocycles. The number of aliphatic carboxylic acids is 1. The van der Waals surface area contributed by atoms with Crippen molar-refractivity contribution in [3.63, 3.8) is 0 Å². The zero-order valence-corrected chi connectivity index (χ0v) is 18.4. The number of nitrogens with zero attached hydrogens (tertiary/aromatic N) is 2. The van der Waals surface area contributed by atoms with Gasteiger partial charge in [-0.1, -0.05) is 32.1 Å². The highest BCUT2D eigenvalue weighted by atomic mass is 19.1. The number of halogens is 1. The zero-order valence-electron chi connectivity index (χ0n) is 18.4. The number of aromatic nitrogens is 2. The van der Waals surface area contributed by atoms with Gasteiger partial charge in [-0.05, 0) is 50.3 Å². The van der Waals surface area contributed by atoms with E-state index in [1.807, 2.05) is 0 Å². The standard InChI is InChI=1S/C24H30FN3O4/c1-15(11-22(29)30)14-27-23(31)18-12-19(25)20(26-16-7-3-2-4-8-16)13-21(18)28(24(27)32)17-9-5-6-10-17/h11-13,16-17,26H,2-10,14H2,1H3,(H,29,30). The Bertz CT molecular complexity index is 1170. The predicted octanol–water partition coefficient (Wildman–Crippen LogP) is 4.19. The van der Waals surface area contributed by atoms with E-state index in [2.05, 4.69) is 5.32 Å². The minimum atomic E-state index is -1.14. The molecule has 8 heteroatoms. The van der Waals surface area contributed by atoms with Crippen molar-refractivity contribution in [2.75, 3.05) is 5.32 Å². The highest BCUT2D eigenvalue weighted by molar-refractivity contribution is 5.83. The molecule has 0 radical (unpaired) electrons. The molecule has 2 aliphatic carbocycles. The zero-order chi connectivity index (χ0) is 22.8. The Kier molecular flexibility index (Phi) is 6.48. The van der Waals surface area contributed by atoms with Gasteiger partial charge in [0, 0.05) is 18.2 Å². The maximum Gasteiger partial charge on any atom is 0.332 e. The second-order valence-electron chi connectivity index (χ2n) is 9.14. The Morgan fingerprint density at radius 2 is 1.78 bits per heavy atom. The summed E-state index contributed by atoms with van der Waals surface area (Å²) < 4.78 is 17.7. The second-order valence-corrected chi connectivity index (χ2v) is 9.14. The van der Waals surface area contributed by atoms with Crippen molar-refractivity contribution in [3.05, 3.63) is 50.4 Å². The predicted molar refractivity (Wildman–Crippen MR) is 122 cm³/mol. The van der Waals surface area contributed by atoms with E-state index < -0.39 is 23.0 Å². The fourth-order valence-electron chi connectivity index (χ4n) is 5.14. The molecule has 32 heavy (non-hydrogen) atoms. The van der Waals surface area contributed by atoms with Crippen LogP contribution in [0.4, 0.5) is 10.1 Å². The molecule has 2 aliphatic rings. The Morgan fingerprint density at radius 3 is 2.44 bits per heavy atom. The number of fused-ring (bicyclic) bond motifs is 1. The van der Waals surface area contributed by atoms with Gasteiger partial charge < -0.3 is 10.4 Å². The fraction of sp³-hybridized carbons (Fsp3) is 0.542. The number of anilines is 1. The van der Waals surface area contributed by atoms with E-state index in [0.29, 0.717) is 16.8 Å². The smallest absolute Gasteiger partial charge is 0.332 e. The van der Waals surface area contributed by atoms with Crippen molar-refractivity contribution in [3.8, 4) is 0 Å². The average molecular weight is 444 g/mol. The molecule has 0 amide bonds. The lowest BCUT2D eigenvalue weighted by molar-refractivity contribution is -0.131. The summed E-state index contributed by atoms with van der Waals surface area (Å²) in [4.78, 5) is 37.6. The summed E-state index contributed by atoms with van der Waals surface area (Å²) in [6, 6.07) is 2.96. The minimum Gasteiger partial charge on any atom is -0.478 e. The van der Waals surface area contributed by atoms with Crippen LogP contribution in [0.1, 0.15) is 70.8 Å². The van der Waals surface area contributed by atoms with E-state index in [1.165, 1.54) is 12.5 Å². The molecular weight excluding hydrogens is 413 g/mol. The Morgan fingerprint density at radius 1 is 1.12 bits per heavy atom. The summed E-state index contributed by atoms with van der Waals surface area (Å²) in [5.74, 6) is -1.65. The van der Waals surface area contributed by atoms with E-state index in [0.717, 1.165) is 62.0 Å². The van der Waals surface area contributed by atoms with Gasteiger partial charge in [0.05, 0.1) is 23.1 Å². The molecule has 2 saturated carbocycles. The highest BCUT2D eigenvalue weighted by Gasteiger charge is 2.25. The first kappa shape index (κ1) is 22.3. The number of rotatable bonds is 6. The molecule has 1 aromatic heterocycles. The molecule has 0 aliphatic heterocycles. The van der Waals surface area contributed by atoms with Gasteiger partial charge in [0.25, 0.3) is 5.56 Å². The molecule has 0 spiro atoms. The first-order chi connectivity index (χ1) is 15.3. The lowest BCUT2D eigenvalue weighted by Crippen LogP contribution is -2.41. The summed E-state index contributed by atoms with van der Waals surface area (Å²) in [6.07, 6.45) is 9.95. The molecule has 2 fully saturated rings. The molecule has 0 atom stereocenters. The van der Waals surface area contributed by atoms with Crippen LogP contribution in [0.5, 0.6) is 0 Å². The minimum absolute atomic E-state index is 0.0615. The molecule has 172 valence electrons. The van der Waals surface area contributed by atoms with Crippen molar-refractivity contribution < 1.29 is 14.3 Å². The third-order valence-corrected chi connectivity index (χ3v) is 6.69. The summed E-state index contributed by atoms with van der Waals surface area (Å²) in [5.41, 5.74) is 0.0747. The number of benzene rings is 1. The van der Waals surface area contributed by atoms with Crippen LogP contribution in [-0.4, -0.2) is 26.3 Å². The number of nitrogens with one attached hydrogen (secondary N) is 1. The van der Waals surface area contributed by atoms with E-state index in [4.69, 9.17) is 5.11 Å². The summed E-state index contributed by atoms with van der Waals surface area (Å²) in [7, 11) is 0. The number of hydrogen-bond acceptors (Lipinski definition) is 4. The first-order valence-corrected chi connectivity index (χ1v) is 11.5. The molecule has 2 aromatic rings. The molecule has 7 nitrogen and oxygen atoms in total. The maximum atomic E-state index is 15.0. The van der Waals surface area contributed by atoms with Crippen LogP contribution < -0.4 is 16.6 Å². The van der Waals surface area contributed by atoms with Gasteiger partial charge in [-0.25, -0.2) is 14.0 Å². The van der Waals surface area contributed by atoms with Crippen LogP contribution in [0, 0.1) is 5.82 Å². The topological polar surface area (TPSA) is 93.3 Å². The summed E-state index contributed by atoms with van der Waals surface area (Å²) in [6.45, 7) is 1.41. The molecule has 0 unspecified atom stereocenters. The quantitative estimate of drug-likeness (QED) is 0.653. The average Bonchev–Trinajstić information content (AvgIpc) is 3.27. The van der Waals surface area contributed by atoms with Crippen LogP contribution in [-0.2, 0) is 11.3 Å². The maximum absolute atomic E-state index is 15.0. The largest absolute Gasteiger partial charge is 0.478 e. The van der Waals surface area contributed by atoms with Crippen LogP contribution >= 0.6 is 0 Å². The van der Waals surface area contributed by atoms with Crippen molar-refractivity contribution in [1.82, 2.24) is 9.13 Å². The van der Waals surface area contributed by atoms with Gasteiger partial charge in [0.2, 0.25) is 0 Å². The third kappa shape index (κ3) is 4.49. The highest BCUT2D eigenvalue weighted by Crippen LogP contribution is 2.32. The van der Waals surface area contributed by atoms with Gasteiger partial charge in [0.15, 0.2) is 0 Å². The summed E-state index contributed by atoms with van der Waals surface area (Å²) in [5, 5.41) is 12.4. The Hall–Kier alpha value is -2.90. The summed E-state index contributed by atoms with van der Waals surface area (Å²) >= 11 is 0. The van der Waals surface area contributed by atoms with Gasteiger partial charge in [0.1, 0.15) is 5.82 Å². The van der Waals surface area contributed by atoms with Crippen molar-refractivity contribution in [1.29, 1.82) is 0 Å². The Labute approximate surface area is 185 Å². The van der Waals surface area contributed by atoms with Crippen molar-refractivity contribution in [2.45, 2.75) is 83.3 Å².